The molecule has 1 aliphatic heterocycles. The van der Waals surface area contributed by atoms with E-state index in [4.69, 9.17) is 0 Å². The molecule has 4 nitrogen and oxygen atoms in total. The number of carbonyl (C=O) groups excluding carboxylic acids is 1. The maximum Gasteiger partial charge on any atom is 0.242 e. The minimum absolute atomic E-state index is 0. The Labute approximate surface area is 174 Å². The van der Waals surface area contributed by atoms with Crippen molar-refractivity contribution in [3.8, 4) is 0 Å². The number of fused-ring (bicyclic) bond motifs is 1. The first-order valence-corrected chi connectivity index (χ1v) is 9.11. The van der Waals surface area contributed by atoms with Crippen molar-refractivity contribution in [2.24, 2.45) is 0 Å². The Balaban J connectivity index is 0.00000182. The molecule has 0 saturated carbocycles. The first-order valence-electron chi connectivity index (χ1n) is 9.11. The summed E-state index contributed by atoms with van der Waals surface area (Å²) in [5, 5.41) is 6.49. The molecule has 1 atom stereocenters. The molecule has 2 aromatic carbocycles. The quantitative estimate of drug-likeness (QED) is 0.729. The topological polar surface area (TPSA) is 44.4 Å². The van der Waals surface area contributed by atoms with E-state index in [0.717, 1.165) is 37.3 Å². The fourth-order valence-electron chi connectivity index (χ4n) is 3.50. The molecular weight excluding hydrogens is 381 g/mol. The number of hydrogen-bond acceptors (Lipinski definition) is 3. The van der Waals surface area contributed by atoms with Crippen molar-refractivity contribution in [1.82, 2.24) is 15.5 Å². The Morgan fingerprint density at radius 1 is 1.04 bits per heavy atom. The van der Waals surface area contributed by atoms with E-state index < -0.39 is 0 Å². The summed E-state index contributed by atoms with van der Waals surface area (Å²) in [5.74, 6) is 0.0634. The van der Waals surface area contributed by atoms with Gasteiger partial charge in [-0.1, -0.05) is 62.4 Å². The molecule has 0 aliphatic carbocycles. The molecule has 1 heterocycles. The Kier molecular flexibility index (Phi) is 9.81. The molecule has 148 valence electrons. The van der Waals surface area contributed by atoms with Crippen LogP contribution in [0.25, 0.3) is 0 Å². The number of benzene rings is 2. The van der Waals surface area contributed by atoms with Crippen LogP contribution < -0.4 is 10.6 Å². The van der Waals surface area contributed by atoms with E-state index in [1.807, 2.05) is 30.3 Å². The van der Waals surface area contributed by atoms with Gasteiger partial charge in [0.1, 0.15) is 6.04 Å². The van der Waals surface area contributed by atoms with Crippen molar-refractivity contribution < 1.29 is 4.79 Å². The van der Waals surface area contributed by atoms with Gasteiger partial charge in [-0.3, -0.25) is 9.69 Å². The van der Waals surface area contributed by atoms with E-state index in [2.05, 4.69) is 47.6 Å². The summed E-state index contributed by atoms with van der Waals surface area (Å²) in [6.45, 7) is 8.31. The molecule has 0 saturated heterocycles. The maximum atomic E-state index is 12.9. The van der Waals surface area contributed by atoms with Gasteiger partial charge < -0.3 is 10.6 Å². The zero-order valence-electron chi connectivity index (χ0n) is 15.9. The number of nitrogens with one attached hydrogen (secondary N) is 2. The number of amides is 1. The van der Waals surface area contributed by atoms with E-state index in [0.29, 0.717) is 6.54 Å². The molecule has 0 bridgehead atoms. The third kappa shape index (κ3) is 5.69. The van der Waals surface area contributed by atoms with Crippen molar-refractivity contribution in [1.29, 1.82) is 0 Å². The van der Waals surface area contributed by atoms with Crippen molar-refractivity contribution >= 4 is 30.7 Å². The van der Waals surface area contributed by atoms with E-state index in [9.17, 15) is 4.79 Å². The van der Waals surface area contributed by atoms with Gasteiger partial charge in [-0.25, -0.2) is 0 Å². The van der Waals surface area contributed by atoms with Crippen LogP contribution in [0.4, 0.5) is 0 Å². The monoisotopic (exact) mass is 409 g/mol. The lowest BCUT2D eigenvalue weighted by Crippen LogP contribution is -2.40. The van der Waals surface area contributed by atoms with Gasteiger partial charge in [0.25, 0.3) is 0 Å². The van der Waals surface area contributed by atoms with Crippen LogP contribution in [0.3, 0.4) is 0 Å². The maximum absolute atomic E-state index is 12.9. The highest BCUT2D eigenvalue weighted by Crippen LogP contribution is 2.21. The predicted molar refractivity (Wildman–Crippen MR) is 115 cm³/mol. The summed E-state index contributed by atoms with van der Waals surface area (Å²) in [6, 6.07) is 16.3. The van der Waals surface area contributed by atoms with E-state index >= 15 is 0 Å². The van der Waals surface area contributed by atoms with Crippen molar-refractivity contribution in [3.05, 3.63) is 70.8 Å². The van der Waals surface area contributed by atoms with Crippen LogP contribution in [0.2, 0.25) is 0 Å². The Morgan fingerprint density at radius 2 is 1.70 bits per heavy atom. The molecule has 1 aliphatic rings. The highest BCUT2D eigenvalue weighted by atomic mass is 35.5. The number of likely N-dealkylation sites (N-methyl/N-ethyl adjacent to an activating group) is 1. The molecule has 1 unspecified atom stereocenters. The third-order valence-electron chi connectivity index (χ3n) is 4.91. The second-order valence-corrected chi connectivity index (χ2v) is 6.46. The summed E-state index contributed by atoms with van der Waals surface area (Å²) >= 11 is 0. The minimum atomic E-state index is -0.243. The van der Waals surface area contributed by atoms with Gasteiger partial charge in [0.2, 0.25) is 5.91 Å². The third-order valence-corrected chi connectivity index (χ3v) is 4.91. The summed E-state index contributed by atoms with van der Waals surface area (Å²) in [6.07, 6.45) is 0. The normalized spacial score (nSPS) is 13.3. The van der Waals surface area contributed by atoms with Crippen molar-refractivity contribution in [2.45, 2.75) is 39.5 Å². The summed E-state index contributed by atoms with van der Waals surface area (Å²) in [4.78, 5) is 15.1. The van der Waals surface area contributed by atoms with Crippen LogP contribution in [0.15, 0.2) is 48.5 Å². The predicted octanol–water partition coefficient (Wildman–Crippen LogP) is 3.83. The molecule has 0 spiro atoms. The molecule has 2 N–H and O–H groups in total. The van der Waals surface area contributed by atoms with Crippen LogP contribution in [-0.2, 0) is 24.4 Å². The van der Waals surface area contributed by atoms with Gasteiger partial charge in [0.15, 0.2) is 0 Å². The van der Waals surface area contributed by atoms with Gasteiger partial charge in [-0.05, 0) is 35.3 Å². The highest BCUT2D eigenvalue weighted by Gasteiger charge is 2.25. The lowest BCUT2D eigenvalue weighted by Gasteiger charge is -2.29. The molecule has 27 heavy (non-hydrogen) atoms. The average molecular weight is 410 g/mol. The Hall–Kier alpha value is -1.59. The lowest BCUT2D eigenvalue weighted by atomic mass is 10.0. The standard InChI is InChI=1S/C21H27N3O.2ClH/c1-3-24(4-2)20(17-8-6-5-7-9-17)21(25)23-13-16-10-11-18-14-22-15-19(18)12-16;;/h5-12,20,22H,3-4,13-15H2,1-2H3,(H,23,25);2*1H. The molecule has 3 rings (SSSR count). The number of rotatable bonds is 7. The smallest absolute Gasteiger partial charge is 0.242 e. The van der Waals surface area contributed by atoms with Gasteiger partial charge in [-0.15, -0.1) is 24.8 Å². The van der Waals surface area contributed by atoms with E-state index in [-0.39, 0.29) is 36.8 Å². The summed E-state index contributed by atoms with van der Waals surface area (Å²) < 4.78 is 0. The van der Waals surface area contributed by atoms with Crippen LogP contribution in [0, 0.1) is 0 Å². The minimum Gasteiger partial charge on any atom is -0.350 e. The fourth-order valence-corrected chi connectivity index (χ4v) is 3.50. The number of halogens is 2. The summed E-state index contributed by atoms with van der Waals surface area (Å²) in [5.41, 5.74) is 4.90. The molecule has 0 aromatic heterocycles. The largest absolute Gasteiger partial charge is 0.350 e. The van der Waals surface area contributed by atoms with Gasteiger partial charge >= 0.3 is 0 Å². The second kappa shape index (κ2) is 11.3. The van der Waals surface area contributed by atoms with Crippen LogP contribution in [-0.4, -0.2) is 23.9 Å². The lowest BCUT2D eigenvalue weighted by molar-refractivity contribution is -0.126. The summed E-state index contributed by atoms with van der Waals surface area (Å²) in [7, 11) is 0. The molecule has 1 amide bonds. The number of carbonyl (C=O) groups is 1. The zero-order valence-corrected chi connectivity index (χ0v) is 17.5. The Morgan fingerprint density at radius 3 is 2.37 bits per heavy atom. The zero-order chi connectivity index (χ0) is 17.6. The molecule has 6 heteroatoms. The van der Waals surface area contributed by atoms with E-state index in [1.165, 1.54) is 11.1 Å². The first-order chi connectivity index (χ1) is 12.2. The molecular formula is C21H29Cl2N3O. The second-order valence-electron chi connectivity index (χ2n) is 6.46. The SMILES string of the molecule is CCN(CC)C(C(=O)NCc1ccc2c(c1)CNC2)c1ccccc1.Cl.Cl. The molecule has 0 radical (unpaired) electrons. The number of nitrogens with zero attached hydrogens (tertiary/aromatic N) is 1. The Bertz CT molecular complexity index is 721. The fraction of sp³-hybridized carbons (Fsp3) is 0.381. The molecule has 0 fully saturated rings. The van der Waals surface area contributed by atoms with Crippen LogP contribution in [0.5, 0.6) is 0 Å². The van der Waals surface area contributed by atoms with Crippen LogP contribution >= 0.6 is 24.8 Å². The van der Waals surface area contributed by atoms with E-state index in [1.54, 1.807) is 0 Å². The van der Waals surface area contributed by atoms with Crippen molar-refractivity contribution in [3.63, 3.8) is 0 Å². The van der Waals surface area contributed by atoms with Crippen molar-refractivity contribution in [2.75, 3.05) is 13.1 Å². The highest BCUT2D eigenvalue weighted by molar-refractivity contribution is 5.85. The van der Waals surface area contributed by atoms with Crippen LogP contribution in [0.1, 0.15) is 42.1 Å². The first kappa shape index (κ1) is 23.4. The van der Waals surface area contributed by atoms with Gasteiger partial charge in [0, 0.05) is 19.6 Å². The van der Waals surface area contributed by atoms with Gasteiger partial charge in [-0.2, -0.15) is 0 Å². The number of hydrogen-bond donors (Lipinski definition) is 2. The average Bonchev–Trinajstić information content (AvgIpc) is 3.12. The van der Waals surface area contributed by atoms with Gasteiger partial charge in [0.05, 0.1) is 0 Å². The molecule has 2 aromatic rings.